The molecule has 0 fully saturated rings. The molecule has 2 aromatic heterocycles. The van der Waals surface area contributed by atoms with Crippen LogP contribution in [0.25, 0.3) is 33.6 Å². The van der Waals surface area contributed by atoms with Gasteiger partial charge in [-0.2, -0.15) is 0 Å². The van der Waals surface area contributed by atoms with Crippen molar-refractivity contribution in [3.05, 3.63) is 133 Å². The Morgan fingerprint density at radius 3 is 2.21 bits per heavy atom. The van der Waals surface area contributed by atoms with Crippen LogP contribution in [0.15, 0.2) is 109 Å². The summed E-state index contributed by atoms with van der Waals surface area (Å²) in [6, 6.07) is 39.8. The quantitative estimate of drug-likeness (QED) is 0.207. The van der Waals surface area contributed by atoms with E-state index in [-0.39, 0.29) is 20.1 Å². The number of hydrogen-bond acceptors (Lipinski definition) is 3. The minimum atomic E-state index is 0. The van der Waals surface area contributed by atoms with E-state index in [1.807, 2.05) is 78.9 Å². The second-order valence-electron chi connectivity index (χ2n) is 7.30. The summed E-state index contributed by atoms with van der Waals surface area (Å²) < 4.78 is 0. The third kappa shape index (κ3) is 6.11. The van der Waals surface area contributed by atoms with E-state index < -0.39 is 0 Å². The van der Waals surface area contributed by atoms with Gasteiger partial charge in [0.2, 0.25) is 0 Å². The molecule has 167 valence electrons. The van der Waals surface area contributed by atoms with Crippen LogP contribution in [-0.2, 0) is 20.1 Å². The molecule has 0 bridgehead atoms. The Labute approximate surface area is 214 Å². The molecule has 3 aromatic carbocycles. The third-order valence-corrected chi connectivity index (χ3v) is 5.04. The first-order valence-electron chi connectivity index (χ1n) is 10.6. The fourth-order valence-electron chi connectivity index (χ4n) is 3.48. The SMILES string of the molecule is Cc1ccnc(-c2[c-]c(C#N)ccc2)c1-c1ccccc1.[Ir].[c-]1ccccc1-c1ccccn1. The Hall–Kier alpha value is -3.90. The van der Waals surface area contributed by atoms with Crippen molar-refractivity contribution in [2.75, 3.05) is 0 Å². The van der Waals surface area contributed by atoms with Gasteiger partial charge < -0.3 is 4.98 Å². The van der Waals surface area contributed by atoms with Crippen molar-refractivity contribution in [1.29, 1.82) is 5.26 Å². The number of aryl methyl sites for hydroxylation is 1. The van der Waals surface area contributed by atoms with Gasteiger partial charge in [-0.15, -0.1) is 60.2 Å². The summed E-state index contributed by atoms with van der Waals surface area (Å²) >= 11 is 0. The minimum absolute atomic E-state index is 0. The smallest absolute Gasteiger partial charge is 0.0186 e. The maximum Gasteiger partial charge on any atom is 0.0186 e. The Balaban J connectivity index is 0.000000212. The van der Waals surface area contributed by atoms with Gasteiger partial charge in [-0.3, -0.25) is 4.98 Å². The molecule has 4 heteroatoms. The topological polar surface area (TPSA) is 49.6 Å². The number of pyridine rings is 2. The van der Waals surface area contributed by atoms with Crippen LogP contribution in [0.3, 0.4) is 0 Å². The van der Waals surface area contributed by atoms with Crippen molar-refractivity contribution in [2.45, 2.75) is 6.92 Å². The van der Waals surface area contributed by atoms with Gasteiger partial charge in [-0.1, -0.05) is 53.6 Å². The van der Waals surface area contributed by atoms with E-state index in [2.05, 4.69) is 47.2 Å². The predicted octanol–water partition coefficient (Wildman–Crippen LogP) is 6.94. The van der Waals surface area contributed by atoms with E-state index in [1.165, 1.54) is 0 Å². The monoisotopic (exact) mass is 616 g/mol. The van der Waals surface area contributed by atoms with Crippen molar-refractivity contribution in [3.8, 4) is 39.7 Å². The van der Waals surface area contributed by atoms with Gasteiger partial charge in [0.25, 0.3) is 0 Å². The van der Waals surface area contributed by atoms with Gasteiger partial charge in [-0.05, 0) is 47.5 Å². The molecule has 0 atom stereocenters. The van der Waals surface area contributed by atoms with Crippen LogP contribution >= 0.6 is 0 Å². The molecule has 5 aromatic rings. The van der Waals surface area contributed by atoms with Crippen molar-refractivity contribution < 1.29 is 20.1 Å². The first-order valence-corrected chi connectivity index (χ1v) is 10.6. The van der Waals surface area contributed by atoms with E-state index >= 15 is 0 Å². The van der Waals surface area contributed by atoms with Crippen LogP contribution in [0.5, 0.6) is 0 Å². The van der Waals surface area contributed by atoms with Crippen molar-refractivity contribution in [3.63, 3.8) is 0 Å². The Morgan fingerprint density at radius 2 is 1.50 bits per heavy atom. The van der Waals surface area contributed by atoms with E-state index in [0.29, 0.717) is 5.56 Å². The van der Waals surface area contributed by atoms with Gasteiger partial charge >= 0.3 is 0 Å². The number of rotatable bonds is 3. The molecule has 0 unspecified atom stereocenters. The summed E-state index contributed by atoms with van der Waals surface area (Å²) in [4.78, 5) is 8.74. The van der Waals surface area contributed by atoms with Crippen LogP contribution in [0.4, 0.5) is 0 Å². The average Bonchev–Trinajstić information content (AvgIpc) is 2.90. The fourth-order valence-corrected chi connectivity index (χ4v) is 3.48. The molecule has 0 saturated heterocycles. The number of aromatic nitrogens is 2. The molecule has 0 aliphatic carbocycles. The summed E-state index contributed by atoms with van der Waals surface area (Å²) in [5.41, 5.74) is 7.60. The van der Waals surface area contributed by atoms with Crippen LogP contribution in [0, 0.1) is 30.4 Å². The van der Waals surface area contributed by atoms with Crippen LogP contribution < -0.4 is 0 Å². The Kier molecular flexibility index (Phi) is 9.00. The Bertz CT molecular complexity index is 1330. The van der Waals surface area contributed by atoms with Gasteiger partial charge in [0.1, 0.15) is 0 Å². The van der Waals surface area contributed by atoms with Crippen molar-refractivity contribution in [2.24, 2.45) is 0 Å². The number of nitrogens with zero attached hydrogens (tertiary/aromatic N) is 3. The van der Waals surface area contributed by atoms with Gasteiger partial charge in [-0.25, -0.2) is 5.26 Å². The Morgan fingerprint density at radius 1 is 0.735 bits per heavy atom. The van der Waals surface area contributed by atoms with E-state index in [1.54, 1.807) is 18.5 Å². The second kappa shape index (κ2) is 12.4. The molecule has 5 rings (SSSR count). The first kappa shape index (κ1) is 24.7. The number of nitriles is 1. The number of hydrogen-bond donors (Lipinski definition) is 0. The molecule has 0 amide bonds. The van der Waals surface area contributed by atoms with Gasteiger partial charge in [0, 0.05) is 38.2 Å². The first-order chi connectivity index (χ1) is 16.3. The molecular formula is C30H21IrN3-2. The molecule has 3 nitrogen and oxygen atoms in total. The van der Waals surface area contributed by atoms with E-state index in [0.717, 1.165) is 39.2 Å². The molecule has 2 heterocycles. The fraction of sp³-hybridized carbons (Fsp3) is 0.0333. The summed E-state index contributed by atoms with van der Waals surface area (Å²) in [5.74, 6) is 0. The molecule has 0 N–H and O–H groups in total. The summed E-state index contributed by atoms with van der Waals surface area (Å²) in [6.45, 7) is 2.07. The standard InChI is InChI=1S/C19H13N2.C11H8N.Ir/c1-14-10-11-21-19(17-9-5-6-15(12-17)13-20)18(14)16-7-3-2-4-8-16;1-2-6-10(7-3-1)11-8-4-5-9-12-11;/h2-11H,1H3;1-6,8-9H;/q2*-1;. The molecule has 1 radical (unpaired) electrons. The molecule has 0 aliphatic rings. The minimum Gasteiger partial charge on any atom is -0.305 e. The molecule has 0 aliphatic heterocycles. The normalized spacial score (nSPS) is 9.65. The zero-order valence-corrected chi connectivity index (χ0v) is 21.0. The number of benzene rings is 3. The second-order valence-corrected chi connectivity index (χ2v) is 7.30. The zero-order chi connectivity index (χ0) is 22.9. The molecule has 34 heavy (non-hydrogen) atoms. The van der Waals surface area contributed by atoms with Crippen molar-refractivity contribution >= 4 is 0 Å². The zero-order valence-electron chi connectivity index (χ0n) is 18.6. The summed E-state index contributed by atoms with van der Waals surface area (Å²) in [7, 11) is 0. The predicted molar refractivity (Wildman–Crippen MR) is 132 cm³/mol. The van der Waals surface area contributed by atoms with Crippen LogP contribution in [0.1, 0.15) is 11.1 Å². The van der Waals surface area contributed by atoms with Crippen LogP contribution in [-0.4, -0.2) is 9.97 Å². The van der Waals surface area contributed by atoms with Crippen molar-refractivity contribution in [1.82, 2.24) is 9.97 Å². The summed E-state index contributed by atoms with van der Waals surface area (Å²) in [6.07, 6.45) is 3.58. The summed E-state index contributed by atoms with van der Waals surface area (Å²) in [5, 5.41) is 9.05. The third-order valence-electron chi connectivity index (χ3n) is 5.04. The van der Waals surface area contributed by atoms with Gasteiger partial charge in [0.05, 0.1) is 0 Å². The molecular weight excluding hydrogens is 595 g/mol. The maximum absolute atomic E-state index is 9.05. The van der Waals surface area contributed by atoms with Crippen LogP contribution in [0.2, 0.25) is 0 Å². The maximum atomic E-state index is 9.05. The molecule has 0 spiro atoms. The van der Waals surface area contributed by atoms with E-state index in [9.17, 15) is 0 Å². The largest absolute Gasteiger partial charge is 0.305 e. The van der Waals surface area contributed by atoms with Gasteiger partial charge in [0.15, 0.2) is 0 Å². The van der Waals surface area contributed by atoms with E-state index in [4.69, 9.17) is 5.26 Å². The average molecular weight is 616 g/mol. The molecule has 0 saturated carbocycles.